The molecule has 0 aromatic rings. The van der Waals surface area contributed by atoms with E-state index < -0.39 is 18.0 Å². The lowest BCUT2D eigenvalue weighted by atomic mass is 10.0. The third-order valence-electron chi connectivity index (χ3n) is 2.33. The van der Waals surface area contributed by atoms with Crippen molar-refractivity contribution < 1.29 is 19.8 Å². The van der Waals surface area contributed by atoms with Gasteiger partial charge in [-0.15, -0.1) is 0 Å². The molecule has 0 aromatic heterocycles. The molecule has 0 bridgehead atoms. The van der Waals surface area contributed by atoms with E-state index in [1.54, 1.807) is 0 Å². The molecular weight excluding hydrogens is 174 g/mol. The first-order valence-electron chi connectivity index (χ1n) is 4.21. The van der Waals surface area contributed by atoms with Gasteiger partial charge in [-0.2, -0.15) is 0 Å². The number of hydrogen-bond acceptors (Lipinski definition) is 3. The van der Waals surface area contributed by atoms with Crippen LogP contribution >= 0.6 is 0 Å². The van der Waals surface area contributed by atoms with Gasteiger partial charge in [0.1, 0.15) is 6.04 Å². The van der Waals surface area contributed by atoms with Crippen molar-refractivity contribution in [3.63, 3.8) is 0 Å². The van der Waals surface area contributed by atoms with Crippen molar-refractivity contribution in [2.24, 2.45) is 5.92 Å². The van der Waals surface area contributed by atoms with Crippen LogP contribution in [0.3, 0.4) is 0 Å². The lowest BCUT2D eigenvalue weighted by molar-refractivity contribution is -0.141. The standard InChI is InChI=1S/C8H13NO4/c1-4-2-5(3-6(10)11)9-7(4)8(12)13/h4-5,7,9H,2-3H2,1H3,(H,10,11)(H,12,13)/t4-,5-,7-/m0/s1. The molecule has 3 N–H and O–H groups in total. The molecular formula is C8H13NO4. The zero-order chi connectivity index (χ0) is 10.0. The second-order valence-electron chi connectivity index (χ2n) is 3.49. The van der Waals surface area contributed by atoms with Gasteiger partial charge in [-0.05, 0) is 12.3 Å². The highest BCUT2D eigenvalue weighted by atomic mass is 16.4. The van der Waals surface area contributed by atoms with Gasteiger partial charge in [0, 0.05) is 6.04 Å². The molecule has 1 heterocycles. The van der Waals surface area contributed by atoms with Gasteiger partial charge < -0.3 is 15.5 Å². The molecule has 0 unspecified atom stereocenters. The number of carboxylic acid groups (broad SMARTS) is 2. The molecule has 1 aliphatic rings. The van der Waals surface area contributed by atoms with Gasteiger partial charge in [-0.3, -0.25) is 9.59 Å². The summed E-state index contributed by atoms with van der Waals surface area (Å²) in [5.41, 5.74) is 0. The monoisotopic (exact) mass is 187 g/mol. The SMILES string of the molecule is C[C@H]1C[C@@H](CC(=O)O)N[C@@H]1C(=O)O. The molecule has 0 aromatic carbocycles. The Balaban J connectivity index is 2.50. The quantitative estimate of drug-likeness (QED) is 0.575. The van der Waals surface area contributed by atoms with Crippen LogP contribution in [0.5, 0.6) is 0 Å². The van der Waals surface area contributed by atoms with Gasteiger partial charge in [-0.25, -0.2) is 0 Å². The summed E-state index contributed by atoms with van der Waals surface area (Å²) < 4.78 is 0. The van der Waals surface area contributed by atoms with Crippen LogP contribution in [0.2, 0.25) is 0 Å². The van der Waals surface area contributed by atoms with E-state index in [2.05, 4.69) is 5.32 Å². The Morgan fingerprint density at radius 1 is 1.46 bits per heavy atom. The van der Waals surface area contributed by atoms with Crippen molar-refractivity contribution in [2.75, 3.05) is 0 Å². The summed E-state index contributed by atoms with van der Waals surface area (Å²) in [5.74, 6) is -1.79. The van der Waals surface area contributed by atoms with Crippen LogP contribution in [0.4, 0.5) is 0 Å². The molecule has 0 amide bonds. The molecule has 13 heavy (non-hydrogen) atoms. The summed E-state index contributed by atoms with van der Waals surface area (Å²) in [6, 6.07) is -0.794. The van der Waals surface area contributed by atoms with E-state index in [1.807, 2.05) is 6.92 Å². The van der Waals surface area contributed by atoms with Crippen LogP contribution in [-0.4, -0.2) is 34.2 Å². The van der Waals surface area contributed by atoms with Crippen molar-refractivity contribution in [1.29, 1.82) is 0 Å². The number of carboxylic acids is 2. The summed E-state index contributed by atoms with van der Waals surface area (Å²) in [4.78, 5) is 21.0. The number of hydrogen-bond donors (Lipinski definition) is 3. The Hall–Kier alpha value is -1.10. The summed E-state index contributed by atoms with van der Waals surface area (Å²) in [6.45, 7) is 1.81. The van der Waals surface area contributed by atoms with Crippen molar-refractivity contribution in [3.8, 4) is 0 Å². The normalized spacial score (nSPS) is 33.2. The first kappa shape index (κ1) is 9.98. The topological polar surface area (TPSA) is 86.6 Å². The van der Waals surface area contributed by atoms with Gasteiger partial charge in [0.25, 0.3) is 0 Å². The molecule has 0 aliphatic carbocycles. The van der Waals surface area contributed by atoms with E-state index in [9.17, 15) is 9.59 Å². The maximum absolute atomic E-state index is 10.6. The van der Waals surface area contributed by atoms with E-state index in [4.69, 9.17) is 10.2 Å². The van der Waals surface area contributed by atoms with Crippen LogP contribution in [0.25, 0.3) is 0 Å². The van der Waals surface area contributed by atoms with Gasteiger partial charge >= 0.3 is 11.9 Å². The van der Waals surface area contributed by atoms with Crippen LogP contribution in [0.15, 0.2) is 0 Å². The van der Waals surface area contributed by atoms with E-state index in [0.29, 0.717) is 6.42 Å². The number of aliphatic carboxylic acids is 2. The Morgan fingerprint density at radius 2 is 2.08 bits per heavy atom. The molecule has 74 valence electrons. The van der Waals surface area contributed by atoms with Crippen molar-refractivity contribution in [2.45, 2.75) is 31.8 Å². The predicted molar refractivity (Wildman–Crippen MR) is 44.4 cm³/mol. The minimum Gasteiger partial charge on any atom is -0.481 e. The summed E-state index contributed by atoms with van der Waals surface area (Å²) in [7, 11) is 0. The van der Waals surface area contributed by atoms with Crippen LogP contribution in [-0.2, 0) is 9.59 Å². The molecule has 0 spiro atoms. The number of nitrogens with one attached hydrogen (secondary N) is 1. The maximum atomic E-state index is 10.6. The van der Waals surface area contributed by atoms with E-state index in [1.165, 1.54) is 0 Å². The Kier molecular flexibility index (Phi) is 2.87. The molecule has 5 nitrogen and oxygen atoms in total. The Morgan fingerprint density at radius 3 is 2.46 bits per heavy atom. The van der Waals surface area contributed by atoms with E-state index in [0.717, 1.165) is 0 Å². The Bertz CT molecular complexity index is 228. The smallest absolute Gasteiger partial charge is 0.320 e. The zero-order valence-electron chi connectivity index (χ0n) is 7.36. The van der Waals surface area contributed by atoms with Crippen molar-refractivity contribution in [3.05, 3.63) is 0 Å². The minimum atomic E-state index is -0.902. The fourth-order valence-electron chi connectivity index (χ4n) is 1.74. The third kappa shape index (κ3) is 2.42. The second kappa shape index (κ2) is 3.74. The maximum Gasteiger partial charge on any atom is 0.320 e. The third-order valence-corrected chi connectivity index (χ3v) is 2.33. The predicted octanol–water partition coefficient (Wildman–Crippen LogP) is -0.0877. The van der Waals surface area contributed by atoms with Crippen molar-refractivity contribution in [1.82, 2.24) is 5.32 Å². The number of carbonyl (C=O) groups is 2. The average Bonchev–Trinajstić information content (AvgIpc) is 2.29. The molecule has 0 radical (unpaired) electrons. The lowest BCUT2D eigenvalue weighted by Crippen LogP contribution is -2.38. The van der Waals surface area contributed by atoms with Crippen LogP contribution < -0.4 is 5.32 Å². The highest BCUT2D eigenvalue weighted by Crippen LogP contribution is 2.21. The highest BCUT2D eigenvalue weighted by Gasteiger charge is 2.35. The lowest BCUT2D eigenvalue weighted by Gasteiger charge is -2.09. The number of rotatable bonds is 3. The largest absolute Gasteiger partial charge is 0.481 e. The minimum absolute atomic E-state index is 0.00171. The van der Waals surface area contributed by atoms with Crippen molar-refractivity contribution >= 4 is 11.9 Å². The van der Waals surface area contributed by atoms with E-state index >= 15 is 0 Å². The molecule has 0 saturated carbocycles. The van der Waals surface area contributed by atoms with Gasteiger partial charge in [-0.1, -0.05) is 6.92 Å². The summed E-state index contributed by atoms with van der Waals surface area (Å²) in [6.07, 6.45) is 0.609. The Labute approximate surface area is 75.7 Å². The first-order valence-corrected chi connectivity index (χ1v) is 4.21. The fraction of sp³-hybridized carbons (Fsp3) is 0.750. The first-order chi connectivity index (χ1) is 6.00. The van der Waals surface area contributed by atoms with Crippen LogP contribution in [0.1, 0.15) is 19.8 Å². The van der Waals surface area contributed by atoms with Crippen LogP contribution in [0, 0.1) is 5.92 Å². The van der Waals surface area contributed by atoms with Gasteiger partial charge in [0.2, 0.25) is 0 Å². The summed E-state index contributed by atoms with van der Waals surface area (Å²) >= 11 is 0. The molecule has 3 atom stereocenters. The fourth-order valence-corrected chi connectivity index (χ4v) is 1.74. The summed E-state index contributed by atoms with van der Waals surface area (Å²) in [5, 5.41) is 20.0. The molecule has 1 saturated heterocycles. The highest BCUT2D eigenvalue weighted by molar-refractivity contribution is 5.75. The van der Waals surface area contributed by atoms with Gasteiger partial charge in [0.05, 0.1) is 6.42 Å². The molecule has 1 aliphatic heterocycles. The molecule has 1 fully saturated rings. The average molecular weight is 187 g/mol. The molecule has 5 heteroatoms. The molecule has 1 rings (SSSR count). The van der Waals surface area contributed by atoms with Gasteiger partial charge in [0.15, 0.2) is 0 Å². The van der Waals surface area contributed by atoms with E-state index in [-0.39, 0.29) is 18.4 Å². The zero-order valence-corrected chi connectivity index (χ0v) is 7.36. The second-order valence-corrected chi connectivity index (χ2v) is 3.49.